The summed E-state index contributed by atoms with van der Waals surface area (Å²) in [5.41, 5.74) is 5.76. The van der Waals surface area contributed by atoms with Crippen molar-refractivity contribution in [2.45, 2.75) is 6.42 Å². The molecule has 7 nitrogen and oxygen atoms in total. The molecule has 0 aliphatic rings. The van der Waals surface area contributed by atoms with Gasteiger partial charge in [0, 0.05) is 30.2 Å². The normalized spacial score (nSPS) is 10.3. The summed E-state index contributed by atoms with van der Waals surface area (Å²) in [7, 11) is 1.44. The van der Waals surface area contributed by atoms with Crippen molar-refractivity contribution in [1.82, 2.24) is 5.32 Å². The van der Waals surface area contributed by atoms with Crippen LogP contribution in [0.15, 0.2) is 24.3 Å². The van der Waals surface area contributed by atoms with E-state index in [2.05, 4.69) is 5.32 Å². The Bertz CT molecular complexity index is 581. The number of ether oxygens (including phenoxy) is 1. The number of primary amides is 1. The molecule has 2 amide bonds. The summed E-state index contributed by atoms with van der Waals surface area (Å²) in [4.78, 5) is 33.0. The van der Waals surface area contributed by atoms with Crippen LogP contribution in [0.25, 0.3) is 6.08 Å². The molecule has 1 aromatic rings. The zero-order valence-corrected chi connectivity index (χ0v) is 11.5. The van der Waals surface area contributed by atoms with Crippen molar-refractivity contribution in [2.75, 3.05) is 13.7 Å². The van der Waals surface area contributed by atoms with Gasteiger partial charge in [-0.25, -0.2) is 4.79 Å². The fourth-order valence-corrected chi connectivity index (χ4v) is 1.57. The summed E-state index contributed by atoms with van der Waals surface area (Å²) in [5.74, 6) is -1.55. The Hall–Kier alpha value is -2.83. The van der Waals surface area contributed by atoms with E-state index in [9.17, 15) is 14.4 Å². The third-order valence-corrected chi connectivity index (χ3v) is 2.55. The van der Waals surface area contributed by atoms with E-state index >= 15 is 0 Å². The van der Waals surface area contributed by atoms with Crippen LogP contribution >= 0.6 is 0 Å². The highest BCUT2D eigenvalue weighted by atomic mass is 16.5. The Morgan fingerprint density at radius 1 is 1.38 bits per heavy atom. The molecule has 21 heavy (non-hydrogen) atoms. The fourth-order valence-electron chi connectivity index (χ4n) is 1.57. The number of benzene rings is 1. The van der Waals surface area contributed by atoms with Crippen molar-refractivity contribution >= 4 is 23.9 Å². The van der Waals surface area contributed by atoms with Gasteiger partial charge in [0.15, 0.2) is 0 Å². The van der Waals surface area contributed by atoms with Crippen LogP contribution in [0.3, 0.4) is 0 Å². The molecule has 0 saturated heterocycles. The van der Waals surface area contributed by atoms with Crippen LogP contribution in [0.2, 0.25) is 0 Å². The summed E-state index contributed by atoms with van der Waals surface area (Å²) in [6.07, 6.45) is 2.33. The maximum atomic E-state index is 11.9. The molecule has 1 aromatic carbocycles. The van der Waals surface area contributed by atoms with Gasteiger partial charge in [-0.05, 0) is 24.3 Å². The molecule has 112 valence electrons. The number of nitrogens with one attached hydrogen (secondary N) is 1. The smallest absolute Gasteiger partial charge is 0.328 e. The maximum Gasteiger partial charge on any atom is 0.328 e. The zero-order chi connectivity index (χ0) is 15.8. The number of amides is 2. The Kier molecular flexibility index (Phi) is 5.94. The van der Waals surface area contributed by atoms with Crippen LogP contribution in [0, 0.1) is 0 Å². The van der Waals surface area contributed by atoms with Gasteiger partial charge in [0.2, 0.25) is 5.91 Å². The standard InChI is InChI=1S/C14H16N2O5/c1-21-11-4-2-10(8-9(11)3-5-13(18)19)14(20)16-7-6-12(15)17/h2-5,8H,6-7H2,1H3,(H2,15,17)(H,16,20)(H,18,19). The average molecular weight is 292 g/mol. The lowest BCUT2D eigenvalue weighted by molar-refractivity contribution is -0.131. The van der Waals surface area contributed by atoms with Crippen LogP contribution in [0.5, 0.6) is 5.75 Å². The number of carboxylic acid groups (broad SMARTS) is 1. The SMILES string of the molecule is COc1ccc(C(=O)NCCC(N)=O)cc1C=CC(=O)O. The molecular formula is C14H16N2O5. The molecule has 1 rings (SSSR count). The molecule has 0 aromatic heterocycles. The molecular weight excluding hydrogens is 276 g/mol. The molecule has 0 unspecified atom stereocenters. The first-order chi connectivity index (χ1) is 9.93. The highest BCUT2D eigenvalue weighted by Crippen LogP contribution is 2.21. The molecule has 0 aliphatic heterocycles. The van der Waals surface area contributed by atoms with Gasteiger partial charge in [0.1, 0.15) is 5.75 Å². The van der Waals surface area contributed by atoms with Crippen molar-refractivity contribution < 1.29 is 24.2 Å². The van der Waals surface area contributed by atoms with Crippen LogP contribution in [-0.2, 0) is 9.59 Å². The molecule has 0 heterocycles. The van der Waals surface area contributed by atoms with Gasteiger partial charge in [0.25, 0.3) is 5.91 Å². The highest BCUT2D eigenvalue weighted by molar-refractivity contribution is 5.95. The number of methoxy groups -OCH3 is 1. The van der Waals surface area contributed by atoms with E-state index in [1.54, 1.807) is 6.07 Å². The van der Waals surface area contributed by atoms with Crippen LogP contribution in [0.1, 0.15) is 22.3 Å². The lowest BCUT2D eigenvalue weighted by Crippen LogP contribution is -2.27. The monoisotopic (exact) mass is 292 g/mol. The number of rotatable bonds is 7. The molecule has 7 heteroatoms. The zero-order valence-electron chi connectivity index (χ0n) is 11.5. The number of aliphatic carboxylic acids is 1. The molecule has 0 fully saturated rings. The van der Waals surface area contributed by atoms with Gasteiger partial charge in [0.05, 0.1) is 7.11 Å². The van der Waals surface area contributed by atoms with Crippen molar-refractivity contribution in [3.05, 3.63) is 35.4 Å². The quantitative estimate of drug-likeness (QED) is 0.628. The minimum absolute atomic E-state index is 0.0493. The predicted molar refractivity (Wildman–Crippen MR) is 75.8 cm³/mol. The van der Waals surface area contributed by atoms with Gasteiger partial charge in [-0.2, -0.15) is 0 Å². The van der Waals surface area contributed by atoms with E-state index in [1.807, 2.05) is 0 Å². The molecule has 0 radical (unpaired) electrons. The van der Waals surface area contributed by atoms with Crippen LogP contribution in [-0.4, -0.2) is 36.5 Å². The Balaban J connectivity index is 2.88. The lowest BCUT2D eigenvalue weighted by atomic mass is 10.1. The molecule has 4 N–H and O–H groups in total. The second kappa shape index (κ2) is 7.68. The Labute approximate surface area is 121 Å². The van der Waals surface area contributed by atoms with Gasteiger partial charge in [-0.3, -0.25) is 9.59 Å². The Morgan fingerprint density at radius 3 is 2.67 bits per heavy atom. The molecule has 0 spiro atoms. The van der Waals surface area contributed by atoms with Crippen LogP contribution in [0.4, 0.5) is 0 Å². The van der Waals surface area contributed by atoms with Crippen molar-refractivity contribution in [3.8, 4) is 5.75 Å². The highest BCUT2D eigenvalue weighted by Gasteiger charge is 2.09. The van der Waals surface area contributed by atoms with Gasteiger partial charge in [-0.15, -0.1) is 0 Å². The predicted octanol–water partition coefficient (Wildman–Crippen LogP) is 0.398. The molecule has 0 bridgehead atoms. The van der Waals surface area contributed by atoms with E-state index < -0.39 is 11.9 Å². The minimum Gasteiger partial charge on any atom is -0.496 e. The maximum absolute atomic E-state index is 11.9. The Morgan fingerprint density at radius 2 is 2.10 bits per heavy atom. The number of hydrogen-bond donors (Lipinski definition) is 3. The lowest BCUT2D eigenvalue weighted by Gasteiger charge is -2.08. The minimum atomic E-state index is -1.10. The van der Waals surface area contributed by atoms with Gasteiger partial charge >= 0.3 is 5.97 Å². The second-order valence-corrected chi connectivity index (χ2v) is 4.10. The first-order valence-corrected chi connectivity index (χ1v) is 6.09. The van der Waals surface area contributed by atoms with Crippen molar-refractivity contribution in [3.63, 3.8) is 0 Å². The molecule has 0 aliphatic carbocycles. The van der Waals surface area contributed by atoms with Crippen LogP contribution < -0.4 is 15.8 Å². The number of hydrogen-bond acceptors (Lipinski definition) is 4. The van der Waals surface area contributed by atoms with E-state index in [-0.39, 0.29) is 18.9 Å². The van der Waals surface area contributed by atoms with Gasteiger partial charge in [-0.1, -0.05) is 0 Å². The third kappa shape index (κ3) is 5.35. The summed E-state index contributed by atoms with van der Waals surface area (Å²) >= 11 is 0. The summed E-state index contributed by atoms with van der Waals surface area (Å²) in [6.45, 7) is 0.139. The second-order valence-electron chi connectivity index (χ2n) is 4.10. The van der Waals surface area contributed by atoms with E-state index in [4.69, 9.17) is 15.6 Å². The van der Waals surface area contributed by atoms with E-state index in [0.29, 0.717) is 16.9 Å². The van der Waals surface area contributed by atoms with E-state index in [1.165, 1.54) is 25.3 Å². The average Bonchev–Trinajstić information content (AvgIpc) is 2.44. The fraction of sp³-hybridized carbons (Fsp3) is 0.214. The number of carboxylic acids is 1. The number of nitrogens with two attached hydrogens (primary N) is 1. The first-order valence-electron chi connectivity index (χ1n) is 6.09. The largest absolute Gasteiger partial charge is 0.496 e. The number of carbonyl (C=O) groups is 3. The summed E-state index contributed by atoms with van der Waals surface area (Å²) < 4.78 is 5.09. The molecule has 0 saturated carbocycles. The van der Waals surface area contributed by atoms with Gasteiger partial charge < -0.3 is 20.9 Å². The number of carbonyl (C=O) groups excluding carboxylic acids is 2. The summed E-state index contributed by atoms with van der Waals surface area (Å²) in [6, 6.07) is 4.60. The first kappa shape index (κ1) is 16.2. The topological polar surface area (TPSA) is 119 Å². The van der Waals surface area contributed by atoms with Crippen molar-refractivity contribution in [2.24, 2.45) is 5.73 Å². The van der Waals surface area contributed by atoms with Crippen molar-refractivity contribution in [1.29, 1.82) is 0 Å². The third-order valence-electron chi connectivity index (χ3n) is 2.55. The van der Waals surface area contributed by atoms with E-state index in [0.717, 1.165) is 6.08 Å². The summed E-state index contributed by atoms with van der Waals surface area (Å²) in [5, 5.41) is 11.2. The molecule has 0 atom stereocenters.